The van der Waals surface area contributed by atoms with Crippen LogP contribution < -0.4 is 5.56 Å². The van der Waals surface area contributed by atoms with Crippen LogP contribution in [0.25, 0.3) is 10.1 Å². The van der Waals surface area contributed by atoms with Crippen molar-refractivity contribution in [3.63, 3.8) is 0 Å². The molecule has 5 nitrogen and oxygen atoms in total. The summed E-state index contributed by atoms with van der Waals surface area (Å²) in [6.45, 7) is 0. The topological polar surface area (TPSA) is 65.1 Å². The van der Waals surface area contributed by atoms with Crippen molar-refractivity contribution < 1.29 is 5.03 Å². The Kier molecular flexibility index (Phi) is 1.63. The summed E-state index contributed by atoms with van der Waals surface area (Å²) in [5.41, 5.74) is -0.564. The molecule has 0 bridgehead atoms. The van der Waals surface area contributed by atoms with Crippen LogP contribution in [0.4, 0.5) is 0 Å². The molecular formula is C7H4N2O3S. The van der Waals surface area contributed by atoms with Gasteiger partial charge in [-0.3, -0.25) is 4.79 Å². The molecule has 0 N–H and O–H groups in total. The summed E-state index contributed by atoms with van der Waals surface area (Å²) in [5, 5.41) is 10.0. The molecule has 0 amide bonds. The first-order valence-electron chi connectivity index (χ1n) is 3.46. The van der Waals surface area contributed by atoms with Gasteiger partial charge in [0.1, 0.15) is 0 Å². The molecular weight excluding hydrogens is 192 g/mol. The summed E-state index contributed by atoms with van der Waals surface area (Å²) >= 11 is 0.837. The Hall–Kier alpha value is -1.69. The maximum Gasteiger partial charge on any atom is 0.333 e. The number of benzene rings is 1. The van der Waals surface area contributed by atoms with Crippen LogP contribution >= 0.6 is 11.5 Å². The van der Waals surface area contributed by atoms with E-state index in [4.69, 9.17) is 0 Å². The fourth-order valence-electron chi connectivity index (χ4n) is 1.07. The van der Waals surface area contributed by atoms with Gasteiger partial charge in [0.25, 0.3) is 0 Å². The van der Waals surface area contributed by atoms with Crippen molar-refractivity contribution in [2.24, 2.45) is 0 Å². The van der Waals surface area contributed by atoms with Crippen LogP contribution in [0.15, 0.2) is 29.1 Å². The van der Waals surface area contributed by atoms with Gasteiger partial charge in [-0.1, -0.05) is 12.1 Å². The maximum atomic E-state index is 11.3. The molecule has 13 heavy (non-hydrogen) atoms. The van der Waals surface area contributed by atoms with Crippen molar-refractivity contribution in [3.8, 4) is 0 Å². The van der Waals surface area contributed by atoms with E-state index in [0.717, 1.165) is 11.5 Å². The molecule has 1 heterocycles. The Morgan fingerprint density at radius 3 is 2.69 bits per heavy atom. The second kappa shape index (κ2) is 2.67. The van der Waals surface area contributed by atoms with E-state index >= 15 is 0 Å². The quantitative estimate of drug-likeness (QED) is 0.506. The SMILES string of the molecule is O=c1c2ccccc2sn1[N+](=O)[O-]. The summed E-state index contributed by atoms with van der Waals surface area (Å²) in [7, 11) is 0. The smallest absolute Gasteiger partial charge is 0.261 e. The number of hydrogen-bond donors (Lipinski definition) is 0. The van der Waals surface area contributed by atoms with E-state index in [1.807, 2.05) is 0 Å². The van der Waals surface area contributed by atoms with E-state index in [0.29, 0.717) is 14.2 Å². The highest BCUT2D eigenvalue weighted by molar-refractivity contribution is 7.13. The van der Waals surface area contributed by atoms with Crippen LogP contribution in [0.3, 0.4) is 0 Å². The van der Waals surface area contributed by atoms with E-state index in [2.05, 4.69) is 0 Å². The molecule has 2 rings (SSSR count). The zero-order chi connectivity index (χ0) is 9.42. The van der Waals surface area contributed by atoms with Gasteiger partial charge in [-0.2, -0.15) is 0 Å². The molecule has 0 spiro atoms. The van der Waals surface area contributed by atoms with Gasteiger partial charge >= 0.3 is 5.56 Å². The van der Waals surface area contributed by atoms with Crippen molar-refractivity contribution in [1.29, 1.82) is 0 Å². The third-order valence-electron chi connectivity index (χ3n) is 1.62. The summed E-state index contributed by atoms with van der Waals surface area (Å²) in [5.74, 6) is 0. The van der Waals surface area contributed by atoms with Crippen molar-refractivity contribution >= 4 is 21.6 Å². The van der Waals surface area contributed by atoms with Crippen LogP contribution in [-0.4, -0.2) is 9.10 Å². The zero-order valence-corrected chi connectivity index (χ0v) is 7.15. The molecule has 2 aromatic rings. The third-order valence-corrected chi connectivity index (χ3v) is 2.65. The van der Waals surface area contributed by atoms with E-state index < -0.39 is 10.6 Å². The van der Waals surface area contributed by atoms with Gasteiger partial charge in [0.15, 0.2) is 5.03 Å². The van der Waals surface area contributed by atoms with Gasteiger partial charge < -0.3 is 0 Å². The number of nitro groups is 1. The first-order chi connectivity index (χ1) is 6.20. The summed E-state index contributed by atoms with van der Waals surface area (Å²) in [4.78, 5) is 21.7. The van der Waals surface area contributed by atoms with E-state index in [1.54, 1.807) is 24.3 Å². The molecule has 0 radical (unpaired) electrons. The molecule has 6 heteroatoms. The molecule has 0 atom stereocenters. The van der Waals surface area contributed by atoms with E-state index in [1.165, 1.54) is 0 Å². The lowest BCUT2D eigenvalue weighted by Gasteiger charge is -1.81. The molecule has 1 aromatic carbocycles. The minimum atomic E-state index is -0.715. The Labute approximate surface area is 76.1 Å². The molecule has 0 aliphatic rings. The fourth-order valence-corrected chi connectivity index (χ4v) is 1.90. The number of nitrogens with zero attached hydrogens (tertiary/aromatic N) is 2. The predicted molar refractivity (Wildman–Crippen MR) is 48.5 cm³/mol. The minimum Gasteiger partial charge on any atom is -0.261 e. The van der Waals surface area contributed by atoms with Gasteiger partial charge in [-0.05, 0) is 12.1 Å². The van der Waals surface area contributed by atoms with E-state index in [9.17, 15) is 14.9 Å². The van der Waals surface area contributed by atoms with Crippen molar-refractivity contribution in [2.75, 3.05) is 0 Å². The molecule has 0 aliphatic carbocycles. The van der Waals surface area contributed by atoms with Gasteiger partial charge in [0.2, 0.25) is 0 Å². The zero-order valence-electron chi connectivity index (χ0n) is 6.34. The average Bonchev–Trinajstić information content (AvgIpc) is 2.45. The summed E-state index contributed by atoms with van der Waals surface area (Å²) < 4.78 is 1.16. The van der Waals surface area contributed by atoms with Crippen LogP contribution in [0.5, 0.6) is 0 Å². The minimum absolute atomic E-state index is 0.393. The summed E-state index contributed by atoms with van der Waals surface area (Å²) in [6, 6.07) is 6.68. The Bertz CT molecular complexity index is 528. The standard InChI is InChI=1S/C7H4N2O3S/c10-7-5-3-1-2-4-6(5)13-8(7)9(11)12/h1-4H. The van der Waals surface area contributed by atoms with Crippen LogP contribution in [-0.2, 0) is 0 Å². The Morgan fingerprint density at radius 1 is 1.38 bits per heavy atom. The Balaban J connectivity index is 2.90. The third kappa shape index (κ3) is 1.11. The highest BCUT2D eigenvalue weighted by Crippen LogP contribution is 2.14. The van der Waals surface area contributed by atoms with Crippen LogP contribution in [0.1, 0.15) is 0 Å². The molecule has 0 unspecified atom stereocenters. The molecule has 0 aliphatic heterocycles. The first-order valence-corrected chi connectivity index (χ1v) is 4.23. The fraction of sp³-hybridized carbons (Fsp3) is 0. The average molecular weight is 196 g/mol. The van der Waals surface area contributed by atoms with Crippen molar-refractivity contribution in [3.05, 3.63) is 44.7 Å². The lowest BCUT2D eigenvalue weighted by atomic mass is 10.3. The number of fused-ring (bicyclic) bond motifs is 1. The lowest BCUT2D eigenvalue weighted by molar-refractivity contribution is -0.533. The molecule has 0 fully saturated rings. The highest BCUT2D eigenvalue weighted by Gasteiger charge is 2.13. The van der Waals surface area contributed by atoms with Crippen molar-refractivity contribution in [1.82, 2.24) is 4.07 Å². The molecule has 66 valence electrons. The van der Waals surface area contributed by atoms with Gasteiger partial charge in [-0.25, -0.2) is 10.1 Å². The molecule has 0 saturated carbocycles. The number of hydrogen-bond acceptors (Lipinski definition) is 4. The van der Waals surface area contributed by atoms with Gasteiger partial charge in [0, 0.05) is 15.6 Å². The van der Waals surface area contributed by atoms with Gasteiger partial charge in [-0.15, -0.1) is 0 Å². The second-order valence-corrected chi connectivity index (χ2v) is 3.37. The molecule has 1 aromatic heterocycles. The van der Waals surface area contributed by atoms with Gasteiger partial charge in [0.05, 0.1) is 10.1 Å². The van der Waals surface area contributed by atoms with Crippen LogP contribution in [0.2, 0.25) is 0 Å². The van der Waals surface area contributed by atoms with Crippen LogP contribution in [0, 0.1) is 10.1 Å². The predicted octanol–water partition coefficient (Wildman–Crippen LogP) is 1.10. The normalized spacial score (nSPS) is 10.5. The second-order valence-electron chi connectivity index (χ2n) is 2.40. The first kappa shape index (κ1) is 7.93. The lowest BCUT2D eigenvalue weighted by Crippen LogP contribution is -2.19. The highest BCUT2D eigenvalue weighted by atomic mass is 32.1. The molecule has 0 saturated heterocycles. The number of aromatic nitrogens is 1. The summed E-state index contributed by atoms with van der Waals surface area (Å²) in [6.07, 6.45) is 0. The van der Waals surface area contributed by atoms with Crippen molar-refractivity contribution in [2.45, 2.75) is 0 Å². The largest absolute Gasteiger partial charge is 0.333 e. The maximum absolute atomic E-state index is 11.3. The Morgan fingerprint density at radius 2 is 2.08 bits per heavy atom. The monoisotopic (exact) mass is 196 g/mol. The number of rotatable bonds is 1. The van der Waals surface area contributed by atoms with E-state index in [-0.39, 0.29) is 0 Å².